The topological polar surface area (TPSA) is 122 Å². The van der Waals surface area contributed by atoms with E-state index in [1.165, 1.54) is 6.20 Å². The SMILES string of the molecule is CO[C@H]1CC[C@@H](Nc2nc(N[C@H]3CC[C@H](O)CC3)ncc2C(N)=O)CC1. The van der Waals surface area contributed by atoms with Gasteiger partial charge in [0.15, 0.2) is 0 Å². The van der Waals surface area contributed by atoms with Gasteiger partial charge in [-0.25, -0.2) is 4.98 Å². The zero-order valence-corrected chi connectivity index (χ0v) is 15.3. The van der Waals surface area contributed by atoms with E-state index >= 15 is 0 Å². The molecule has 0 saturated heterocycles. The molecule has 0 radical (unpaired) electrons. The molecule has 0 spiro atoms. The summed E-state index contributed by atoms with van der Waals surface area (Å²) in [5.74, 6) is 0.446. The Morgan fingerprint density at radius 1 is 1.12 bits per heavy atom. The summed E-state index contributed by atoms with van der Waals surface area (Å²) in [4.78, 5) is 20.5. The molecule has 2 fully saturated rings. The third-order valence-corrected chi connectivity index (χ3v) is 5.43. The van der Waals surface area contributed by atoms with Crippen molar-refractivity contribution in [1.29, 1.82) is 0 Å². The van der Waals surface area contributed by atoms with E-state index in [0.29, 0.717) is 23.4 Å². The van der Waals surface area contributed by atoms with E-state index in [4.69, 9.17) is 10.5 Å². The van der Waals surface area contributed by atoms with E-state index in [2.05, 4.69) is 20.6 Å². The molecular weight excluding hydrogens is 334 g/mol. The molecule has 0 bridgehead atoms. The van der Waals surface area contributed by atoms with Gasteiger partial charge in [0, 0.05) is 25.4 Å². The number of primary amides is 1. The first-order valence-electron chi connectivity index (χ1n) is 9.46. The van der Waals surface area contributed by atoms with Crippen molar-refractivity contribution in [3.63, 3.8) is 0 Å². The molecule has 8 nitrogen and oxygen atoms in total. The third-order valence-electron chi connectivity index (χ3n) is 5.43. The van der Waals surface area contributed by atoms with Crippen LogP contribution >= 0.6 is 0 Å². The predicted molar refractivity (Wildman–Crippen MR) is 99.1 cm³/mol. The normalized spacial score (nSPS) is 29.2. The maximum absolute atomic E-state index is 11.7. The molecule has 1 amide bonds. The number of anilines is 2. The fourth-order valence-corrected chi connectivity index (χ4v) is 3.78. The Balaban J connectivity index is 1.67. The van der Waals surface area contributed by atoms with Crippen LogP contribution in [-0.2, 0) is 4.74 Å². The number of carbonyl (C=O) groups excluding carboxylic acids is 1. The number of aromatic nitrogens is 2. The number of nitrogens with one attached hydrogen (secondary N) is 2. The summed E-state index contributed by atoms with van der Waals surface area (Å²) in [6, 6.07) is 0.481. The first-order valence-corrected chi connectivity index (χ1v) is 9.46. The number of aliphatic hydroxyl groups excluding tert-OH is 1. The maximum Gasteiger partial charge on any atom is 0.254 e. The van der Waals surface area contributed by atoms with Gasteiger partial charge in [-0.15, -0.1) is 0 Å². The van der Waals surface area contributed by atoms with Crippen LogP contribution in [0.25, 0.3) is 0 Å². The van der Waals surface area contributed by atoms with Crippen LogP contribution in [0.5, 0.6) is 0 Å². The lowest BCUT2D eigenvalue weighted by Crippen LogP contribution is -2.31. The quantitative estimate of drug-likeness (QED) is 0.606. The second-order valence-corrected chi connectivity index (χ2v) is 7.32. The Morgan fingerprint density at radius 2 is 1.73 bits per heavy atom. The minimum absolute atomic E-state index is 0.203. The molecule has 2 aliphatic carbocycles. The fraction of sp³-hybridized carbons (Fsp3) is 0.722. The summed E-state index contributed by atoms with van der Waals surface area (Å²) < 4.78 is 5.41. The number of nitrogens with zero attached hydrogens (tertiary/aromatic N) is 2. The van der Waals surface area contributed by atoms with Gasteiger partial charge < -0.3 is 26.2 Å². The molecule has 0 aliphatic heterocycles. The third kappa shape index (κ3) is 4.82. The van der Waals surface area contributed by atoms with Gasteiger partial charge in [0.2, 0.25) is 5.95 Å². The van der Waals surface area contributed by atoms with Crippen LogP contribution < -0.4 is 16.4 Å². The van der Waals surface area contributed by atoms with Gasteiger partial charge in [-0.3, -0.25) is 4.79 Å². The van der Waals surface area contributed by atoms with Crippen molar-refractivity contribution >= 4 is 17.7 Å². The molecule has 2 aliphatic rings. The lowest BCUT2D eigenvalue weighted by atomic mass is 9.93. The molecule has 8 heteroatoms. The van der Waals surface area contributed by atoms with Crippen molar-refractivity contribution in [2.75, 3.05) is 17.7 Å². The standard InChI is InChI=1S/C18H29N5O3/c1-26-14-8-4-11(5-9-14)21-17-15(16(19)25)10-20-18(23-17)22-12-2-6-13(24)7-3-12/h10-14,24H,2-9H2,1H3,(H2,19,25)(H2,20,21,22,23)/t11-,12-,13-,14+. The number of carbonyl (C=O) groups is 1. The summed E-state index contributed by atoms with van der Waals surface area (Å²) in [5, 5.41) is 16.3. The highest BCUT2D eigenvalue weighted by Crippen LogP contribution is 2.26. The van der Waals surface area contributed by atoms with Crippen LogP contribution in [0.2, 0.25) is 0 Å². The molecule has 26 heavy (non-hydrogen) atoms. The molecule has 1 aromatic rings. The van der Waals surface area contributed by atoms with Crippen LogP contribution in [0.3, 0.4) is 0 Å². The number of nitrogens with two attached hydrogens (primary N) is 1. The lowest BCUT2D eigenvalue weighted by molar-refractivity contribution is 0.0681. The van der Waals surface area contributed by atoms with E-state index < -0.39 is 5.91 Å². The highest BCUT2D eigenvalue weighted by molar-refractivity contribution is 5.97. The Hall–Kier alpha value is -1.93. The van der Waals surface area contributed by atoms with E-state index in [-0.39, 0.29) is 18.2 Å². The van der Waals surface area contributed by atoms with E-state index in [1.807, 2.05) is 0 Å². The molecule has 5 N–H and O–H groups in total. The zero-order valence-electron chi connectivity index (χ0n) is 15.3. The molecule has 0 aromatic carbocycles. The zero-order chi connectivity index (χ0) is 18.5. The lowest BCUT2D eigenvalue weighted by Gasteiger charge is -2.29. The van der Waals surface area contributed by atoms with Gasteiger partial charge >= 0.3 is 0 Å². The van der Waals surface area contributed by atoms with Crippen LogP contribution in [0.4, 0.5) is 11.8 Å². The van der Waals surface area contributed by atoms with Crippen LogP contribution in [0.15, 0.2) is 6.20 Å². The molecule has 0 atom stereocenters. The Kier molecular flexibility index (Phi) is 6.26. The largest absolute Gasteiger partial charge is 0.393 e. The summed E-state index contributed by atoms with van der Waals surface area (Å²) in [6.45, 7) is 0. The second kappa shape index (κ2) is 8.64. The minimum atomic E-state index is -0.537. The Labute approximate surface area is 153 Å². The van der Waals surface area contributed by atoms with Gasteiger partial charge in [-0.1, -0.05) is 0 Å². The Bertz CT molecular complexity index is 611. The number of hydrogen-bond donors (Lipinski definition) is 4. The molecule has 1 heterocycles. The average molecular weight is 363 g/mol. The van der Waals surface area contributed by atoms with Crippen molar-refractivity contribution in [3.05, 3.63) is 11.8 Å². The Morgan fingerprint density at radius 3 is 2.35 bits per heavy atom. The van der Waals surface area contributed by atoms with E-state index in [0.717, 1.165) is 51.4 Å². The van der Waals surface area contributed by atoms with Crippen molar-refractivity contribution < 1.29 is 14.6 Å². The van der Waals surface area contributed by atoms with Gasteiger partial charge in [0.25, 0.3) is 5.91 Å². The number of aliphatic hydroxyl groups is 1. The fourth-order valence-electron chi connectivity index (χ4n) is 3.78. The number of amides is 1. The maximum atomic E-state index is 11.7. The number of ether oxygens (including phenoxy) is 1. The average Bonchev–Trinajstić information content (AvgIpc) is 2.64. The molecule has 144 valence electrons. The van der Waals surface area contributed by atoms with Crippen LogP contribution in [0.1, 0.15) is 61.7 Å². The van der Waals surface area contributed by atoms with Gasteiger partial charge in [-0.2, -0.15) is 4.98 Å². The molecule has 0 unspecified atom stereocenters. The van der Waals surface area contributed by atoms with Crippen molar-refractivity contribution in [3.8, 4) is 0 Å². The van der Waals surface area contributed by atoms with Crippen molar-refractivity contribution in [2.45, 2.75) is 75.7 Å². The smallest absolute Gasteiger partial charge is 0.254 e. The summed E-state index contributed by atoms with van der Waals surface area (Å²) in [6.07, 6.45) is 8.82. The van der Waals surface area contributed by atoms with Gasteiger partial charge in [0.1, 0.15) is 5.82 Å². The second-order valence-electron chi connectivity index (χ2n) is 7.32. The number of rotatable bonds is 6. The molecule has 1 aromatic heterocycles. The number of hydrogen-bond acceptors (Lipinski definition) is 7. The monoisotopic (exact) mass is 363 g/mol. The summed E-state index contributed by atoms with van der Waals surface area (Å²) >= 11 is 0. The van der Waals surface area contributed by atoms with E-state index in [1.54, 1.807) is 7.11 Å². The first kappa shape index (κ1) is 18.8. The van der Waals surface area contributed by atoms with Crippen LogP contribution in [-0.4, -0.2) is 52.4 Å². The van der Waals surface area contributed by atoms with Crippen molar-refractivity contribution in [1.82, 2.24) is 9.97 Å². The van der Waals surface area contributed by atoms with E-state index in [9.17, 15) is 9.90 Å². The molecule has 2 saturated carbocycles. The highest BCUT2D eigenvalue weighted by atomic mass is 16.5. The highest BCUT2D eigenvalue weighted by Gasteiger charge is 2.24. The minimum Gasteiger partial charge on any atom is -0.393 e. The summed E-state index contributed by atoms with van der Waals surface area (Å²) in [5.41, 5.74) is 5.79. The van der Waals surface area contributed by atoms with Crippen molar-refractivity contribution in [2.24, 2.45) is 5.73 Å². The number of methoxy groups -OCH3 is 1. The molecule has 3 rings (SSSR count). The molecular formula is C18H29N5O3. The predicted octanol–water partition coefficient (Wildman–Crippen LogP) is 1.66. The van der Waals surface area contributed by atoms with Gasteiger partial charge in [-0.05, 0) is 51.4 Å². The summed E-state index contributed by atoms with van der Waals surface area (Å²) in [7, 11) is 1.75. The first-order chi connectivity index (χ1) is 12.5. The van der Waals surface area contributed by atoms with Gasteiger partial charge in [0.05, 0.1) is 17.8 Å². The van der Waals surface area contributed by atoms with Crippen LogP contribution in [0, 0.1) is 0 Å².